The van der Waals surface area contributed by atoms with Crippen LogP contribution in [0.4, 0.5) is 5.69 Å². The van der Waals surface area contributed by atoms with E-state index in [4.69, 9.17) is 16.9 Å². The minimum atomic E-state index is -0.791. The summed E-state index contributed by atoms with van der Waals surface area (Å²) in [6, 6.07) is 16.9. The minimum absolute atomic E-state index is 0.241. The van der Waals surface area contributed by atoms with Gasteiger partial charge in [-0.2, -0.15) is 5.26 Å². The van der Waals surface area contributed by atoms with Gasteiger partial charge in [-0.25, -0.2) is 0 Å². The molecule has 0 spiro atoms. The third-order valence-corrected chi connectivity index (χ3v) is 3.20. The number of imide groups is 1. The van der Waals surface area contributed by atoms with Crippen molar-refractivity contribution in [3.8, 4) is 6.07 Å². The number of carbonyl (C=O) groups excluding carboxylic acids is 2. The van der Waals surface area contributed by atoms with E-state index in [1.807, 2.05) is 0 Å². The number of benzene rings is 2. The van der Waals surface area contributed by atoms with Gasteiger partial charge in [0.25, 0.3) is 11.8 Å². The number of nitrogens with zero attached hydrogens (tertiary/aromatic N) is 1. The summed E-state index contributed by atoms with van der Waals surface area (Å²) >= 11 is 5.97. The Labute approximate surface area is 138 Å². The fourth-order valence-corrected chi connectivity index (χ4v) is 1.90. The summed E-state index contributed by atoms with van der Waals surface area (Å²) in [7, 11) is 0. The van der Waals surface area contributed by atoms with Crippen LogP contribution in [-0.2, 0) is 4.79 Å². The molecule has 2 aromatic rings. The Balaban J connectivity index is 2.07. The van der Waals surface area contributed by atoms with Crippen LogP contribution in [0.25, 0.3) is 0 Å². The second-order valence-electron chi connectivity index (χ2n) is 4.44. The van der Waals surface area contributed by atoms with Crippen LogP contribution in [0.15, 0.2) is 66.4 Å². The van der Waals surface area contributed by atoms with Crippen LogP contribution in [0.3, 0.4) is 0 Å². The molecule has 0 aromatic heterocycles. The van der Waals surface area contributed by atoms with Crippen LogP contribution < -0.4 is 10.6 Å². The van der Waals surface area contributed by atoms with Crippen LogP contribution in [0.2, 0.25) is 5.02 Å². The number of hydrogen-bond acceptors (Lipinski definition) is 4. The molecule has 2 N–H and O–H groups in total. The van der Waals surface area contributed by atoms with E-state index in [-0.39, 0.29) is 5.57 Å². The first-order valence-electron chi connectivity index (χ1n) is 6.64. The Bertz CT molecular complexity index is 795. The molecule has 2 amide bonds. The number of nitrogens with one attached hydrogen (secondary N) is 2. The maximum atomic E-state index is 12.0. The molecule has 0 aliphatic rings. The lowest BCUT2D eigenvalue weighted by Crippen LogP contribution is -2.31. The zero-order valence-corrected chi connectivity index (χ0v) is 12.7. The molecular weight excluding hydrogens is 314 g/mol. The third-order valence-electron chi connectivity index (χ3n) is 2.87. The van der Waals surface area contributed by atoms with Gasteiger partial charge in [0.2, 0.25) is 0 Å². The zero-order valence-electron chi connectivity index (χ0n) is 11.9. The molecule has 0 bridgehead atoms. The van der Waals surface area contributed by atoms with Crippen molar-refractivity contribution in [2.75, 3.05) is 5.32 Å². The summed E-state index contributed by atoms with van der Waals surface area (Å²) < 4.78 is 0. The zero-order chi connectivity index (χ0) is 16.7. The Morgan fingerprint density at radius 3 is 2.35 bits per heavy atom. The molecule has 0 atom stereocenters. The van der Waals surface area contributed by atoms with Gasteiger partial charge in [-0.05, 0) is 24.3 Å². The van der Waals surface area contributed by atoms with E-state index in [2.05, 4.69) is 10.6 Å². The highest BCUT2D eigenvalue weighted by atomic mass is 35.5. The van der Waals surface area contributed by atoms with Gasteiger partial charge in [-0.1, -0.05) is 41.9 Å². The van der Waals surface area contributed by atoms with Crippen LogP contribution in [0.1, 0.15) is 10.4 Å². The van der Waals surface area contributed by atoms with E-state index in [0.29, 0.717) is 16.3 Å². The number of rotatable bonds is 4. The molecule has 0 fully saturated rings. The topological polar surface area (TPSA) is 82.0 Å². The highest BCUT2D eigenvalue weighted by molar-refractivity contribution is 6.33. The van der Waals surface area contributed by atoms with Crippen LogP contribution in [0.5, 0.6) is 0 Å². The highest BCUT2D eigenvalue weighted by Gasteiger charge is 2.14. The number of anilines is 1. The fraction of sp³-hybridized carbons (Fsp3) is 0. The number of hydrogen-bond donors (Lipinski definition) is 2. The van der Waals surface area contributed by atoms with E-state index in [1.165, 1.54) is 6.20 Å². The monoisotopic (exact) mass is 325 g/mol. The van der Waals surface area contributed by atoms with Crippen molar-refractivity contribution < 1.29 is 9.59 Å². The van der Waals surface area contributed by atoms with Crippen molar-refractivity contribution in [1.82, 2.24) is 5.32 Å². The first kappa shape index (κ1) is 16.3. The molecule has 0 saturated heterocycles. The smallest absolute Gasteiger partial charge is 0.270 e. The molecule has 2 aromatic carbocycles. The van der Waals surface area contributed by atoms with E-state index in [1.54, 1.807) is 60.7 Å². The number of halogens is 1. The van der Waals surface area contributed by atoms with Crippen LogP contribution in [0, 0.1) is 11.3 Å². The largest absolute Gasteiger partial charge is 0.359 e. The van der Waals surface area contributed by atoms with Gasteiger partial charge in [0.1, 0.15) is 11.6 Å². The van der Waals surface area contributed by atoms with Gasteiger partial charge in [-0.3, -0.25) is 14.9 Å². The summed E-state index contributed by atoms with van der Waals surface area (Å²) in [5.74, 6) is -1.37. The molecule has 6 heteroatoms. The Morgan fingerprint density at radius 2 is 1.70 bits per heavy atom. The van der Waals surface area contributed by atoms with Crippen molar-refractivity contribution in [2.45, 2.75) is 0 Å². The first-order chi connectivity index (χ1) is 11.1. The average molecular weight is 326 g/mol. The van der Waals surface area contributed by atoms with Crippen molar-refractivity contribution in [2.24, 2.45) is 0 Å². The average Bonchev–Trinajstić information content (AvgIpc) is 2.57. The van der Waals surface area contributed by atoms with E-state index >= 15 is 0 Å². The molecule has 5 nitrogen and oxygen atoms in total. The van der Waals surface area contributed by atoms with Gasteiger partial charge in [-0.15, -0.1) is 0 Å². The fourth-order valence-electron chi connectivity index (χ4n) is 1.71. The standard InChI is InChI=1S/C17H12ClN3O2/c18-14-8-4-5-9-15(14)20-11-13(10-19)17(23)21-16(22)12-6-2-1-3-7-12/h1-9,11,20H,(H,21,22,23)/b13-11-. The lowest BCUT2D eigenvalue weighted by molar-refractivity contribution is -0.116. The molecule has 0 radical (unpaired) electrons. The second-order valence-corrected chi connectivity index (χ2v) is 4.85. The Kier molecular flexibility index (Phi) is 5.50. The summed E-state index contributed by atoms with van der Waals surface area (Å²) in [6.45, 7) is 0. The van der Waals surface area contributed by atoms with Crippen LogP contribution in [-0.4, -0.2) is 11.8 Å². The summed E-state index contributed by atoms with van der Waals surface area (Å²) in [5.41, 5.74) is 0.635. The van der Waals surface area contributed by atoms with E-state index in [9.17, 15) is 9.59 Å². The molecule has 0 aliphatic heterocycles. The normalized spacial score (nSPS) is 10.5. The van der Waals surface area contributed by atoms with Gasteiger partial charge < -0.3 is 5.32 Å². The maximum absolute atomic E-state index is 12.0. The lowest BCUT2D eigenvalue weighted by atomic mass is 10.2. The molecule has 114 valence electrons. The molecular formula is C17H12ClN3O2. The predicted octanol–water partition coefficient (Wildman–Crippen LogP) is 3.12. The number of carbonyl (C=O) groups is 2. The highest BCUT2D eigenvalue weighted by Crippen LogP contribution is 2.20. The van der Waals surface area contributed by atoms with Crippen molar-refractivity contribution in [3.63, 3.8) is 0 Å². The quantitative estimate of drug-likeness (QED) is 0.668. The molecule has 0 saturated carbocycles. The molecule has 0 aliphatic carbocycles. The van der Waals surface area contributed by atoms with E-state index in [0.717, 1.165) is 0 Å². The minimum Gasteiger partial charge on any atom is -0.359 e. The lowest BCUT2D eigenvalue weighted by Gasteiger charge is -2.05. The van der Waals surface area contributed by atoms with Crippen LogP contribution >= 0.6 is 11.6 Å². The Hall–Kier alpha value is -3.10. The van der Waals surface area contributed by atoms with E-state index < -0.39 is 11.8 Å². The number of para-hydroxylation sites is 1. The summed E-state index contributed by atoms with van der Waals surface area (Å²) in [6.07, 6.45) is 1.20. The van der Waals surface area contributed by atoms with Crippen molar-refractivity contribution in [1.29, 1.82) is 5.26 Å². The third kappa shape index (κ3) is 4.43. The van der Waals surface area contributed by atoms with Crippen molar-refractivity contribution in [3.05, 3.63) is 77.0 Å². The summed E-state index contributed by atoms with van der Waals surface area (Å²) in [4.78, 5) is 23.9. The van der Waals surface area contributed by atoms with Gasteiger partial charge in [0.15, 0.2) is 0 Å². The van der Waals surface area contributed by atoms with Gasteiger partial charge in [0.05, 0.1) is 10.7 Å². The molecule has 2 rings (SSSR count). The van der Waals surface area contributed by atoms with Gasteiger partial charge in [0, 0.05) is 11.8 Å². The molecule has 0 unspecified atom stereocenters. The number of amides is 2. The predicted molar refractivity (Wildman–Crippen MR) is 87.7 cm³/mol. The summed E-state index contributed by atoms with van der Waals surface area (Å²) in [5, 5.41) is 14.4. The molecule has 0 heterocycles. The second kappa shape index (κ2) is 7.78. The number of nitriles is 1. The van der Waals surface area contributed by atoms with Gasteiger partial charge >= 0.3 is 0 Å². The SMILES string of the molecule is N#C/C(=C/Nc1ccccc1Cl)C(=O)NC(=O)c1ccccc1. The first-order valence-corrected chi connectivity index (χ1v) is 7.01. The Morgan fingerprint density at radius 1 is 1.04 bits per heavy atom. The molecule has 23 heavy (non-hydrogen) atoms. The maximum Gasteiger partial charge on any atom is 0.270 e. The van der Waals surface area contributed by atoms with Crippen molar-refractivity contribution >= 4 is 29.1 Å².